The minimum absolute atomic E-state index is 0.0298. The largest absolute Gasteiger partial charge is 0.479 e. The van der Waals surface area contributed by atoms with Gasteiger partial charge in [0.15, 0.2) is 17.9 Å². The Morgan fingerprint density at radius 2 is 1.57 bits per heavy atom. The first kappa shape index (κ1) is 42.6. The van der Waals surface area contributed by atoms with Crippen LogP contribution >= 0.6 is 0 Å². The molecule has 1 aliphatic carbocycles. The molecule has 15 heteroatoms. The van der Waals surface area contributed by atoms with E-state index in [0.29, 0.717) is 6.42 Å². The number of Topliss-reactive ketones (excluding diaryl/α,β-unsaturated/α-hetero) is 2. The standard InChI is InChI=1S/C38H55N5O10/c1-7-14-26(31(45)34(48)40-28(23(4)44)33(47)41-30(36(50)51)25-17-12-9-13-18-25)39-32(46)27-19-38(5,6)21-43(27)35(49)29(24-15-10-8-11-16-24)42-37(52)53-20-22(2)3/h9,12-13,17-18,22,24,26-30H,7-8,10-11,14-16,19-21H2,1-6H3,(H,39,46)(H,40,48)(H,41,47)(H,42,52)(H,50,51). The molecule has 0 spiro atoms. The quantitative estimate of drug-likeness (QED) is 0.116. The van der Waals surface area contributed by atoms with Crippen LogP contribution in [0.15, 0.2) is 30.3 Å². The lowest BCUT2D eigenvalue weighted by Gasteiger charge is -2.35. The monoisotopic (exact) mass is 741 g/mol. The Balaban J connectivity index is 1.78. The normalized spacial score (nSPS) is 19.2. The third-order valence-electron chi connectivity index (χ3n) is 9.56. The maximum Gasteiger partial charge on any atom is 0.407 e. The van der Waals surface area contributed by atoms with E-state index in [1.165, 1.54) is 17.0 Å². The first-order valence-electron chi connectivity index (χ1n) is 18.4. The van der Waals surface area contributed by atoms with Gasteiger partial charge in [-0.2, -0.15) is 0 Å². The molecule has 5 atom stereocenters. The van der Waals surface area contributed by atoms with E-state index in [4.69, 9.17) is 4.74 Å². The minimum Gasteiger partial charge on any atom is -0.479 e. The van der Waals surface area contributed by atoms with Crippen LogP contribution in [0.25, 0.3) is 0 Å². The lowest BCUT2D eigenvalue weighted by atomic mass is 9.83. The first-order chi connectivity index (χ1) is 24.9. The van der Waals surface area contributed by atoms with Crippen LogP contribution in [0.5, 0.6) is 0 Å². The van der Waals surface area contributed by atoms with E-state index in [0.717, 1.165) is 39.0 Å². The van der Waals surface area contributed by atoms with Crippen molar-refractivity contribution in [2.45, 2.75) is 123 Å². The van der Waals surface area contributed by atoms with Gasteiger partial charge in [-0.1, -0.05) is 90.6 Å². The highest BCUT2D eigenvalue weighted by molar-refractivity contribution is 6.39. The zero-order valence-electron chi connectivity index (χ0n) is 31.6. The molecule has 5 amide bonds. The molecule has 2 fully saturated rings. The fourth-order valence-electron chi connectivity index (χ4n) is 6.87. The second kappa shape index (κ2) is 19.3. The third-order valence-corrected chi connectivity index (χ3v) is 9.56. The molecule has 1 saturated carbocycles. The number of ketones is 2. The number of rotatable bonds is 17. The van der Waals surface area contributed by atoms with Crippen molar-refractivity contribution in [2.75, 3.05) is 13.2 Å². The van der Waals surface area contributed by atoms with E-state index in [1.807, 2.05) is 27.7 Å². The molecule has 1 aliphatic heterocycles. The Morgan fingerprint density at radius 3 is 2.13 bits per heavy atom. The smallest absolute Gasteiger partial charge is 0.407 e. The van der Waals surface area contributed by atoms with Crippen molar-refractivity contribution in [1.82, 2.24) is 26.2 Å². The summed E-state index contributed by atoms with van der Waals surface area (Å²) < 4.78 is 5.34. The van der Waals surface area contributed by atoms with Gasteiger partial charge in [0, 0.05) is 6.54 Å². The average molecular weight is 742 g/mol. The number of carboxylic acids is 1. The predicted molar refractivity (Wildman–Crippen MR) is 193 cm³/mol. The molecule has 5 N–H and O–H groups in total. The summed E-state index contributed by atoms with van der Waals surface area (Å²) in [5.74, 6) is -7.00. The maximum atomic E-state index is 14.3. The molecular formula is C38H55N5O10. The van der Waals surface area contributed by atoms with Crippen molar-refractivity contribution >= 4 is 47.3 Å². The molecule has 15 nitrogen and oxygen atoms in total. The molecule has 1 saturated heterocycles. The fourth-order valence-corrected chi connectivity index (χ4v) is 6.87. The SMILES string of the molecule is CCCC(NC(=O)C1CC(C)(C)CN1C(=O)C(NC(=O)OCC(C)C)C1CCCCC1)C(=O)C(=O)NC(C(C)=O)C(=O)NC(C(=O)O)c1ccccc1. The number of ether oxygens (including phenoxy) is 1. The second-order valence-corrected chi connectivity index (χ2v) is 15.3. The number of carbonyl (C=O) groups excluding carboxylic acids is 7. The number of hydrogen-bond donors (Lipinski definition) is 5. The molecule has 0 bridgehead atoms. The van der Waals surface area contributed by atoms with Crippen LogP contribution in [0.2, 0.25) is 0 Å². The number of carbonyl (C=O) groups is 8. The zero-order chi connectivity index (χ0) is 39.5. The molecule has 1 aromatic rings. The third kappa shape index (κ3) is 12.1. The van der Waals surface area contributed by atoms with E-state index in [-0.39, 0.29) is 43.4 Å². The molecular weight excluding hydrogens is 686 g/mol. The van der Waals surface area contributed by atoms with Gasteiger partial charge >= 0.3 is 12.1 Å². The Kier molecular flexibility index (Phi) is 15.5. The van der Waals surface area contributed by atoms with Gasteiger partial charge in [-0.05, 0) is 55.4 Å². The van der Waals surface area contributed by atoms with E-state index in [2.05, 4.69) is 21.3 Å². The summed E-state index contributed by atoms with van der Waals surface area (Å²) in [5.41, 5.74) is -0.275. The number of likely N-dealkylation sites (tertiary alicyclic amines) is 1. The lowest BCUT2D eigenvalue weighted by molar-refractivity contribution is -0.145. The topological polar surface area (TPSA) is 217 Å². The molecule has 5 unspecified atom stereocenters. The summed E-state index contributed by atoms with van der Waals surface area (Å²) in [4.78, 5) is 107. The van der Waals surface area contributed by atoms with Gasteiger partial charge in [0.05, 0.1) is 12.6 Å². The van der Waals surface area contributed by atoms with Crippen LogP contribution in [0, 0.1) is 17.3 Å². The number of hydrogen-bond acceptors (Lipinski definition) is 9. The molecule has 2 aliphatic rings. The van der Waals surface area contributed by atoms with Gasteiger partial charge in [-0.3, -0.25) is 28.8 Å². The summed E-state index contributed by atoms with van der Waals surface area (Å²) in [6.45, 7) is 10.7. The van der Waals surface area contributed by atoms with Crippen molar-refractivity contribution in [3.63, 3.8) is 0 Å². The molecule has 292 valence electrons. The van der Waals surface area contributed by atoms with Crippen LogP contribution in [0.3, 0.4) is 0 Å². The lowest BCUT2D eigenvalue weighted by Crippen LogP contribution is -2.59. The molecule has 0 aromatic heterocycles. The Labute approximate surface area is 310 Å². The van der Waals surface area contributed by atoms with Crippen molar-refractivity contribution in [2.24, 2.45) is 17.3 Å². The van der Waals surface area contributed by atoms with E-state index in [9.17, 15) is 43.5 Å². The molecule has 1 heterocycles. The van der Waals surface area contributed by atoms with Crippen LogP contribution < -0.4 is 21.3 Å². The van der Waals surface area contributed by atoms with Crippen molar-refractivity contribution < 1.29 is 48.2 Å². The maximum absolute atomic E-state index is 14.3. The number of benzene rings is 1. The van der Waals surface area contributed by atoms with Crippen LogP contribution in [0.1, 0.15) is 105 Å². The van der Waals surface area contributed by atoms with Gasteiger partial charge in [-0.15, -0.1) is 0 Å². The molecule has 3 rings (SSSR count). The van der Waals surface area contributed by atoms with Crippen LogP contribution in [-0.2, 0) is 38.3 Å². The van der Waals surface area contributed by atoms with Crippen molar-refractivity contribution in [3.8, 4) is 0 Å². The highest BCUT2D eigenvalue weighted by Gasteiger charge is 2.48. The summed E-state index contributed by atoms with van der Waals surface area (Å²) in [6, 6.07) is 1.00. The van der Waals surface area contributed by atoms with E-state index >= 15 is 0 Å². The van der Waals surface area contributed by atoms with Gasteiger partial charge in [-0.25, -0.2) is 9.59 Å². The van der Waals surface area contributed by atoms with Crippen molar-refractivity contribution in [1.29, 1.82) is 0 Å². The second-order valence-electron chi connectivity index (χ2n) is 15.3. The highest BCUT2D eigenvalue weighted by Crippen LogP contribution is 2.36. The number of carboxylic acid groups (broad SMARTS) is 1. The number of nitrogens with zero attached hydrogens (tertiary/aromatic N) is 1. The molecule has 53 heavy (non-hydrogen) atoms. The average Bonchev–Trinajstić information content (AvgIpc) is 3.45. The van der Waals surface area contributed by atoms with E-state index < -0.39 is 82.9 Å². The number of nitrogens with one attached hydrogen (secondary N) is 4. The number of amides is 5. The summed E-state index contributed by atoms with van der Waals surface area (Å²) in [5, 5.41) is 19.5. The predicted octanol–water partition coefficient (Wildman–Crippen LogP) is 2.81. The Bertz CT molecular complexity index is 1510. The number of alkyl carbamates (subject to hydrolysis) is 1. The molecule has 0 radical (unpaired) electrons. The fraction of sp³-hybridized carbons (Fsp3) is 0.632. The van der Waals surface area contributed by atoms with Crippen LogP contribution in [0.4, 0.5) is 4.79 Å². The summed E-state index contributed by atoms with van der Waals surface area (Å²) in [7, 11) is 0. The zero-order valence-corrected chi connectivity index (χ0v) is 31.6. The van der Waals surface area contributed by atoms with Crippen molar-refractivity contribution in [3.05, 3.63) is 35.9 Å². The Hall–Kier alpha value is -4.82. The highest BCUT2D eigenvalue weighted by atomic mass is 16.5. The summed E-state index contributed by atoms with van der Waals surface area (Å²) >= 11 is 0. The van der Waals surface area contributed by atoms with Gasteiger partial charge in [0.1, 0.15) is 12.1 Å². The molecule has 1 aromatic carbocycles. The van der Waals surface area contributed by atoms with Gasteiger partial charge < -0.3 is 36.0 Å². The van der Waals surface area contributed by atoms with E-state index in [1.54, 1.807) is 25.1 Å². The van der Waals surface area contributed by atoms with Gasteiger partial charge in [0.25, 0.3) is 11.8 Å². The first-order valence-corrected chi connectivity index (χ1v) is 18.4. The minimum atomic E-state index is -1.89. The van der Waals surface area contributed by atoms with Crippen LogP contribution in [-0.4, -0.2) is 94.6 Å². The Morgan fingerprint density at radius 1 is 0.925 bits per heavy atom. The number of aliphatic carboxylic acids is 1. The summed E-state index contributed by atoms with van der Waals surface area (Å²) in [6.07, 6.45) is 4.19. The van der Waals surface area contributed by atoms with Gasteiger partial charge in [0.2, 0.25) is 17.6 Å².